The van der Waals surface area contributed by atoms with Crippen molar-refractivity contribution in [2.75, 3.05) is 6.54 Å². The van der Waals surface area contributed by atoms with Crippen molar-refractivity contribution in [3.05, 3.63) is 0 Å². The monoisotopic (exact) mass is 226 g/mol. The predicted octanol–water partition coefficient (Wildman–Crippen LogP) is 1.16. The third kappa shape index (κ3) is 2.20. The van der Waals surface area contributed by atoms with Crippen molar-refractivity contribution in [1.29, 1.82) is 0 Å². The van der Waals surface area contributed by atoms with Crippen LogP contribution in [0.4, 0.5) is 0 Å². The lowest BCUT2D eigenvalue weighted by Crippen LogP contribution is -2.66. The summed E-state index contributed by atoms with van der Waals surface area (Å²) < 4.78 is 0. The maximum atomic E-state index is 12.0. The largest absolute Gasteiger partial charge is 0.345 e. The first-order chi connectivity index (χ1) is 7.31. The van der Waals surface area contributed by atoms with E-state index in [4.69, 9.17) is 0 Å². The van der Waals surface area contributed by atoms with Gasteiger partial charge in [0.05, 0.1) is 6.54 Å². The number of hydrogen-bond acceptors (Lipinski definition) is 2. The fraction of sp³-hybridized carbons (Fsp3) is 0.833. The Hall–Kier alpha value is -1.06. The van der Waals surface area contributed by atoms with Crippen LogP contribution in [-0.4, -0.2) is 34.8 Å². The van der Waals surface area contributed by atoms with Crippen molar-refractivity contribution in [2.45, 2.75) is 52.6 Å². The number of nitrogens with one attached hydrogen (secondary N) is 1. The molecule has 1 saturated heterocycles. The van der Waals surface area contributed by atoms with Gasteiger partial charge in [0.1, 0.15) is 6.04 Å². The Morgan fingerprint density at radius 3 is 2.44 bits per heavy atom. The van der Waals surface area contributed by atoms with Gasteiger partial charge in [0, 0.05) is 5.54 Å². The third-order valence-corrected chi connectivity index (χ3v) is 3.38. The molecule has 1 atom stereocenters. The topological polar surface area (TPSA) is 49.4 Å². The Morgan fingerprint density at radius 2 is 2.00 bits per heavy atom. The highest BCUT2D eigenvalue weighted by Crippen LogP contribution is 2.27. The summed E-state index contributed by atoms with van der Waals surface area (Å²) in [5, 5.41) is 2.66. The van der Waals surface area contributed by atoms with E-state index in [0.29, 0.717) is 0 Å². The van der Waals surface area contributed by atoms with Crippen molar-refractivity contribution >= 4 is 11.8 Å². The molecule has 1 aliphatic rings. The second kappa shape index (κ2) is 4.44. The van der Waals surface area contributed by atoms with E-state index in [2.05, 4.69) is 5.32 Å². The number of piperazine rings is 1. The van der Waals surface area contributed by atoms with Crippen molar-refractivity contribution in [2.24, 2.45) is 5.92 Å². The van der Waals surface area contributed by atoms with Crippen LogP contribution in [-0.2, 0) is 9.59 Å². The molecule has 0 aromatic rings. The molecule has 16 heavy (non-hydrogen) atoms. The average molecular weight is 226 g/mol. The minimum atomic E-state index is -0.337. The van der Waals surface area contributed by atoms with Crippen LogP contribution in [0, 0.1) is 5.92 Å². The molecular weight excluding hydrogens is 204 g/mol. The molecule has 0 spiro atoms. The molecule has 0 radical (unpaired) electrons. The Bertz CT molecular complexity index is 297. The zero-order valence-corrected chi connectivity index (χ0v) is 10.8. The van der Waals surface area contributed by atoms with E-state index in [1.54, 1.807) is 4.90 Å². The van der Waals surface area contributed by atoms with Crippen molar-refractivity contribution in [3.8, 4) is 0 Å². The lowest BCUT2D eigenvalue weighted by molar-refractivity contribution is -0.154. The van der Waals surface area contributed by atoms with E-state index in [1.165, 1.54) is 0 Å². The van der Waals surface area contributed by atoms with Crippen LogP contribution >= 0.6 is 0 Å². The van der Waals surface area contributed by atoms with Gasteiger partial charge < -0.3 is 10.2 Å². The van der Waals surface area contributed by atoms with Crippen LogP contribution in [0.2, 0.25) is 0 Å². The van der Waals surface area contributed by atoms with Crippen molar-refractivity contribution in [3.63, 3.8) is 0 Å². The number of carbonyl (C=O) groups is 2. The van der Waals surface area contributed by atoms with Crippen LogP contribution in [0.15, 0.2) is 0 Å². The van der Waals surface area contributed by atoms with Gasteiger partial charge in [-0.1, -0.05) is 20.8 Å². The summed E-state index contributed by atoms with van der Waals surface area (Å²) in [6, 6.07) is -0.337. The molecule has 4 nitrogen and oxygen atoms in total. The number of nitrogens with zero attached hydrogens (tertiary/aromatic N) is 1. The molecule has 0 aromatic carbocycles. The highest BCUT2D eigenvalue weighted by atomic mass is 16.2. The molecule has 1 heterocycles. The first-order valence-electron chi connectivity index (χ1n) is 5.91. The summed E-state index contributed by atoms with van der Waals surface area (Å²) in [6.07, 6.45) is 0.842. The zero-order chi connectivity index (χ0) is 12.5. The standard InChI is InChI=1S/C12H22N2O2/c1-6-12(4,5)14-9(15)7-13-11(16)10(14)8(2)3/h8,10H,6-7H2,1-5H3,(H,13,16). The van der Waals surface area contributed by atoms with E-state index in [-0.39, 0.29) is 35.9 Å². The summed E-state index contributed by atoms with van der Waals surface area (Å²) in [5.41, 5.74) is -0.260. The van der Waals surface area contributed by atoms with Gasteiger partial charge in [-0.15, -0.1) is 0 Å². The van der Waals surface area contributed by atoms with Gasteiger partial charge in [-0.05, 0) is 26.2 Å². The van der Waals surface area contributed by atoms with E-state index >= 15 is 0 Å². The summed E-state index contributed by atoms with van der Waals surface area (Å²) in [7, 11) is 0. The van der Waals surface area contributed by atoms with Crippen LogP contribution in [0.3, 0.4) is 0 Å². The molecule has 1 fully saturated rings. The van der Waals surface area contributed by atoms with Crippen LogP contribution < -0.4 is 5.32 Å². The minimum absolute atomic E-state index is 0.0187. The normalized spacial score (nSPS) is 22.6. The molecular formula is C12H22N2O2. The first-order valence-corrected chi connectivity index (χ1v) is 5.91. The smallest absolute Gasteiger partial charge is 0.243 e. The molecule has 1 rings (SSSR count). The SMILES string of the molecule is CCC(C)(C)N1C(=O)CNC(=O)C1C(C)C. The molecule has 4 heteroatoms. The lowest BCUT2D eigenvalue weighted by Gasteiger charge is -2.46. The van der Waals surface area contributed by atoms with Gasteiger partial charge in [0.15, 0.2) is 0 Å². The Morgan fingerprint density at radius 1 is 1.44 bits per heavy atom. The molecule has 1 unspecified atom stereocenters. The maximum Gasteiger partial charge on any atom is 0.243 e. The fourth-order valence-corrected chi connectivity index (χ4v) is 2.11. The van der Waals surface area contributed by atoms with Crippen LogP contribution in [0.5, 0.6) is 0 Å². The van der Waals surface area contributed by atoms with Crippen LogP contribution in [0.1, 0.15) is 41.0 Å². The first kappa shape index (κ1) is 13.0. The third-order valence-electron chi connectivity index (χ3n) is 3.38. The summed E-state index contributed by atoms with van der Waals surface area (Å²) in [5.74, 6) is 0.122. The Kier molecular flexibility index (Phi) is 3.61. The number of carbonyl (C=O) groups excluding carboxylic acids is 2. The number of rotatable bonds is 3. The molecule has 0 bridgehead atoms. The average Bonchev–Trinajstić information content (AvgIpc) is 2.20. The van der Waals surface area contributed by atoms with E-state index in [1.807, 2.05) is 34.6 Å². The second-order valence-electron chi connectivity index (χ2n) is 5.34. The minimum Gasteiger partial charge on any atom is -0.345 e. The van der Waals surface area contributed by atoms with E-state index in [0.717, 1.165) is 6.42 Å². The molecule has 0 aliphatic carbocycles. The Balaban J connectivity index is 3.07. The molecule has 1 aliphatic heterocycles. The van der Waals surface area contributed by atoms with Gasteiger partial charge in [-0.3, -0.25) is 9.59 Å². The van der Waals surface area contributed by atoms with Crippen LogP contribution in [0.25, 0.3) is 0 Å². The lowest BCUT2D eigenvalue weighted by atomic mass is 9.90. The van der Waals surface area contributed by atoms with Gasteiger partial charge in [0.2, 0.25) is 11.8 Å². The maximum absolute atomic E-state index is 12.0. The molecule has 0 aromatic heterocycles. The van der Waals surface area contributed by atoms with Gasteiger partial charge >= 0.3 is 0 Å². The summed E-state index contributed by atoms with van der Waals surface area (Å²) in [4.78, 5) is 25.6. The van der Waals surface area contributed by atoms with E-state index in [9.17, 15) is 9.59 Å². The van der Waals surface area contributed by atoms with Crippen molar-refractivity contribution in [1.82, 2.24) is 10.2 Å². The summed E-state index contributed by atoms with van der Waals surface area (Å²) >= 11 is 0. The summed E-state index contributed by atoms with van der Waals surface area (Å²) in [6.45, 7) is 10.1. The molecule has 92 valence electrons. The highest BCUT2D eigenvalue weighted by Gasteiger charge is 2.43. The number of hydrogen-bond donors (Lipinski definition) is 1. The highest BCUT2D eigenvalue weighted by molar-refractivity contribution is 5.95. The van der Waals surface area contributed by atoms with Crippen molar-refractivity contribution < 1.29 is 9.59 Å². The second-order valence-corrected chi connectivity index (χ2v) is 5.34. The number of amides is 2. The fourth-order valence-electron chi connectivity index (χ4n) is 2.11. The van der Waals surface area contributed by atoms with Gasteiger partial charge in [-0.2, -0.15) is 0 Å². The predicted molar refractivity (Wildman–Crippen MR) is 62.9 cm³/mol. The zero-order valence-electron chi connectivity index (χ0n) is 10.8. The molecule has 0 saturated carbocycles. The Labute approximate surface area is 97.4 Å². The van der Waals surface area contributed by atoms with E-state index < -0.39 is 0 Å². The molecule has 2 amide bonds. The molecule has 1 N–H and O–H groups in total. The van der Waals surface area contributed by atoms with Gasteiger partial charge in [0.25, 0.3) is 0 Å². The quantitative estimate of drug-likeness (QED) is 0.785. The van der Waals surface area contributed by atoms with Gasteiger partial charge in [-0.25, -0.2) is 0 Å².